The molecular weight excluding hydrogens is 503 g/mol. The highest BCUT2D eigenvalue weighted by molar-refractivity contribution is 14.0. The molecule has 0 radical (unpaired) electrons. The molecular formula is C24H39IN4O2. The highest BCUT2D eigenvalue weighted by Gasteiger charge is 2.29. The normalized spacial score (nSPS) is 23.9. The van der Waals surface area contributed by atoms with Crippen molar-refractivity contribution in [3.8, 4) is 0 Å². The Bertz CT molecular complexity index is 698. The molecule has 6 nitrogen and oxygen atoms in total. The Balaban J connectivity index is 0.00000341. The van der Waals surface area contributed by atoms with Crippen LogP contribution < -0.4 is 5.32 Å². The van der Waals surface area contributed by atoms with Crippen LogP contribution in [0.5, 0.6) is 0 Å². The quantitative estimate of drug-likeness (QED) is 0.324. The van der Waals surface area contributed by atoms with Crippen molar-refractivity contribution in [3.63, 3.8) is 0 Å². The summed E-state index contributed by atoms with van der Waals surface area (Å²) < 4.78 is 5.98. The molecule has 1 aliphatic heterocycles. The lowest BCUT2D eigenvalue weighted by Crippen LogP contribution is -2.48. The third-order valence-electron chi connectivity index (χ3n) is 6.34. The molecule has 3 atom stereocenters. The van der Waals surface area contributed by atoms with Crippen LogP contribution in [0.3, 0.4) is 0 Å². The zero-order chi connectivity index (χ0) is 21.3. The number of hydrogen-bond acceptors (Lipinski definition) is 3. The van der Waals surface area contributed by atoms with Gasteiger partial charge in [-0.15, -0.1) is 24.0 Å². The SMILES string of the molecule is CC1CCCCC1NC(=NCC(=O)N(C)C)N1CCC(COCc2ccccc2)C1.I. The molecule has 3 unspecified atom stereocenters. The second-order valence-corrected chi connectivity index (χ2v) is 9.04. The van der Waals surface area contributed by atoms with Crippen molar-refractivity contribution in [2.45, 2.75) is 51.7 Å². The van der Waals surface area contributed by atoms with Gasteiger partial charge in [-0.1, -0.05) is 50.1 Å². The molecule has 1 saturated carbocycles. The number of hydrogen-bond donors (Lipinski definition) is 1. The summed E-state index contributed by atoms with van der Waals surface area (Å²) in [5, 5.41) is 3.71. The molecule has 2 fully saturated rings. The van der Waals surface area contributed by atoms with Crippen LogP contribution in [0.25, 0.3) is 0 Å². The van der Waals surface area contributed by atoms with Crippen molar-refractivity contribution in [1.82, 2.24) is 15.1 Å². The van der Waals surface area contributed by atoms with Crippen LogP contribution in [0.15, 0.2) is 35.3 Å². The predicted molar refractivity (Wildman–Crippen MR) is 137 cm³/mol. The van der Waals surface area contributed by atoms with E-state index in [0.29, 0.717) is 24.5 Å². The van der Waals surface area contributed by atoms with E-state index in [9.17, 15) is 4.79 Å². The lowest BCUT2D eigenvalue weighted by atomic mass is 9.86. The molecule has 0 bridgehead atoms. The second-order valence-electron chi connectivity index (χ2n) is 9.04. The molecule has 1 aliphatic carbocycles. The average Bonchev–Trinajstić information content (AvgIpc) is 3.21. The number of nitrogens with zero attached hydrogens (tertiary/aromatic N) is 3. The summed E-state index contributed by atoms with van der Waals surface area (Å²) in [6.07, 6.45) is 6.12. The molecule has 2 aliphatic rings. The standard InChI is InChI=1S/C24H38N4O2.HI/c1-19-9-7-8-12-22(19)26-24(25-15-23(29)27(2)3)28-14-13-21(16-28)18-30-17-20-10-5-4-6-11-20;/h4-6,10-11,19,21-22H,7-9,12-18H2,1-3H3,(H,25,26);1H. The van der Waals surface area contributed by atoms with E-state index in [2.05, 4.69) is 29.3 Å². The van der Waals surface area contributed by atoms with Crippen molar-refractivity contribution in [2.24, 2.45) is 16.8 Å². The van der Waals surface area contributed by atoms with E-state index in [0.717, 1.165) is 32.1 Å². The minimum atomic E-state index is 0. The van der Waals surface area contributed by atoms with Gasteiger partial charge in [0.1, 0.15) is 6.54 Å². The fourth-order valence-electron chi connectivity index (χ4n) is 4.30. The Hall–Kier alpha value is -1.35. The molecule has 1 amide bonds. The fourth-order valence-corrected chi connectivity index (χ4v) is 4.30. The number of likely N-dealkylation sites (tertiary alicyclic amines) is 1. The Morgan fingerprint density at radius 1 is 1.19 bits per heavy atom. The molecule has 1 aromatic rings. The number of carbonyl (C=O) groups is 1. The van der Waals surface area contributed by atoms with Crippen LogP contribution in [-0.4, -0.2) is 68.0 Å². The van der Waals surface area contributed by atoms with Crippen molar-refractivity contribution in [2.75, 3.05) is 40.3 Å². The molecule has 7 heteroatoms. The van der Waals surface area contributed by atoms with Gasteiger partial charge < -0.3 is 19.9 Å². The van der Waals surface area contributed by atoms with Gasteiger partial charge in [0.25, 0.3) is 0 Å². The maximum atomic E-state index is 12.1. The van der Waals surface area contributed by atoms with Crippen molar-refractivity contribution >= 4 is 35.8 Å². The first-order chi connectivity index (χ1) is 14.5. The molecule has 174 valence electrons. The third kappa shape index (κ3) is 8.25. The summed E-state index contributed by atoms with van der Waals surface area (Å²) in [5.41, 5.74) is 1.21. The molecule has 0 spiro atoms. The number of rotatable bonds is 7. The monoisotopic (exact) mass is 542 g/mol. The van der Waals surface area contributed by atoms with Gasteiger partial charge in [-0.2, -0.15) is 0 Å². The number of halogens is 1. The molecule has 31 heavy (non-hydrogen) atoms. The van der Waals surface area contributed by atoms with E-state index in [1.807, 2.05) is 18.2 Å². The summed E-state index contributed by atoms with van der Waals surface area (Å²) in [5.74, 6) is 2.07. The minimum absolute atomic E-state index is 0. The highest BCUT2D eigenvalue weighted by atomic mass is 127. The summed E-state index contributed by atoms with van der Waals surface area (Å²) in [7, 11) is 3.56. The van der Waals surface area contributed by atoms with Crippen LogP contribution in [0.4, 0.5) is 0 Å². The van der Waals surface area contributed by atoms with E-state index >= 15 is 0 Å². The second kappa shape index (κ2) is 13.3. The smallest absolute Gasteiger partial charge is 0.243 e. The van der Waals surface area contributed by atoms with E-state index in [1.54, 1.807) is 19.0 Å². The first kappa shape index (κ1) is 25.9. The van der Waals surface area contributed by atoms with Crippen LogP contribution in [-0.2, 0) is 16.1 Å². The predicted octanol–water partition coefficient (Wildman–Crippen LogP) is 3.76. The maximum Gasteiger partial charge on any atom is 0.243 e. The average molecular weight is 543 g/mol. The van der Waals surface area contributed by atoms with Gasteiger partial charge in [0.15, 0.2) is 5.96 Å². The summed E-state index contributed by atoms with van der Waals surface area (Å²) in [6, 6.07) is 10.8. The number of carbonyl (C=O) groups excluding carboxylic acids is 1. The third-order valence-corrected chi connectivity index (χ3v) is 6.34. The van der Waals surface area contributed by atoms with Crippen LogP contribution in [0.2, 0.25) is 0 Å². The maximum absolute atomic E-state index is 12.1. The number of guanidine groups is 1. The molecule has 1 heterocycles. The fraction of sp³-hybridized carbons (Fsp3) is 0.667. The van der Waals surface area contributed by atoms with E-state index in [1.165, 1.54) is 31.2 Å². The molecule has 1 aromatic carbocycles. The lowest BCUT2D eigenvalue weighted by molar-refractivity contribution is -0.127. The zero-order valence-corrected chi connectivity index (χ0v) is 21.6. The van der Waals surface area contributed by atoms with Crippen LogP contribution in [0, 0.1) is 11.8 Å². The van der Waals surface area contributed by atoms with Crippen LogP contribution >= 0.6 is 24.0 Å². The van der Waals surface area contributed by atoms with Gasteiger partial charge in [-0.25, -0.2) is 4.99 Å². The topological polar surface area (TPSA) is 57.2 Å². The zero-order valence-electron chi connectivity index (χ0n) is 19.3. The first-order valence-corrected chi connectivity index (χ1v) is 11.4. The van der Waals surface area contributed by atoms with Gasteiger partial charge in [0.05, 0.1) is 13.2 Å². The summed E-state index contributed by atoms with van der Waals surface area (Å²) in [4.78, 5) is 20.8. The largest absolute Gasteiger partial charge is 0.376 e. The van der Waals surface area contributed by atoms with Crippen LogP contribution in [0.1, 0.15) is 44.6 Å². The Morgan fingerprint density at radius 2 is 1.94 bits per heavy atom. The van der Waals surface area contributed by atoms with Gasteiger partial charge in [0.2, 0.25) is 5.91 Å². The Morgan fingerprint density at radius 3 is 2.65 bits per heavy atom. The number of likely N-dealkylation sites (N-methyl/N-ethyl adjacent to an activating group) is 1. The highest BCUT2D eigenvalue weighted by Crippen LogP contribution is 2.25. The molecule has 1 N–H and O–H groups in total. The van der Waals surface area contributed by atoms with Gasteiger partial charge in [-0.3, -0.25) is 4.79 Å². The van der Waals surface area contributed by atoms with E-state index < -0.39 is 0 Å². The molecule has 1 saturated heterocycles. The lowest BCUT2D eigenvalue weighted by Gasteiger charge is -2.33. The number of nitrogens with one attached hydrogen (secondary N) is 1. The minimum Gasteiger partial charge on any atom is -0.376 e. The number of amides is 1. The Kier molecular flexibility index (Phi) is 11.1. The van der Waals surface area contributed by atoms with Crippen molar-refractivity contribution in [1.29, 1.82) is 0 Å². The number of benzene rings is 1. The first-order valence-electron chi connectivity index (χ1n) is 11.4. The Labute approximate surface area is 204 Å². The summed E-state index contributed by atoms with van der Waals surface area (Å²) >= 11 is 0. The van der Waals surface area contributed by atoms with Gasteiger partial charge in [-0.05, 0) is 30.7 Å². The van der Waals surface area contributed by atoms with E-state index in [-0.39, 0.29) is 36.4 Å². The van der Waals surface area contributed by atoms with Crippen molar-refractivity contribution in [3.05, 3.63) is 35.9 Å². The van der Waals surface area contributed by atoms with E-state index in [4.69, 9.17) is 9.73 Å². The number of aliphatic imine (C=N–C) groups is 1. The molecule has 0 aromatic heterocycles. The molecule has 3 rings (SSSR count). The summed E-state index contributed by atoms with van der Waals surface area (Å²) in [6.45, 7) is 5.83. The van der Waals surface area contributed by atoms with Gasteiger partial charge >= 0.3 is 0 Å². The van der Waals surface area contributed by atoms with Gasteiger partial charge in [0, 0.05) is 39.1 Å². The number of ether oxygens (including phenoxy) is 1. The van der Waals surface area contributed by atoms with Crippen molar-refractivity contribution < 1.29 is 9.53 Å².